The van der Waals surface area contributed by atoms with Crippen molar-refractivity contribution in [3.8, 4) is 0 Å². The largest absolute Gasteiger partial charge is 0.416 e. The topological polar surface area (TPSA) is 44.4 Å². The van der Waals surface area contributed by atoms with Crippen LogP contribution in [0.5, 0.6) is 0 Å². The molecule has 134 valence electrons. The molecule has 2 N–H and O–H groups in total. The Morgan fingerprint density at radius 2 is 2.08 bits per heavy atom. The van der Waals surface area contributed by atoms with Crippen molar-refractivity contribution in [1.29, 1.82) is 0 Å². The van der Waals surface area contributed by atoms with Crippen LogP contribution in [0.1, 0.15) is 23.6 Å². The molecule has 4 nitrogen and oxygen atoms in total. The maximum absolute atomic E-state index is 12.7. The Bertz CT molecular complexity index is 714. The van der Waals surface area contributed by atoms with Gasteiger partial charge in [-0.2, -0.15) is 24.5 Å². The quantitative estimate of drug-likeness (QED) is 0.824. The number of halogens is 3. The lowest BCUT2D eigenvalue weighted by Gasteiger charge is -2.38. The van der Waals surface area contributed by atoms with E-state index in [4.69, 9.17) is 0 Å². The van der Waals surface area contributed by atoms with Crippen molar-refractivity contribution in [2.24, 2.45) is 0 Å². The molecular weight excluding hydrogens is 351 g/mol. The summed E-state index contributed by atoms with van der Waals surface area (Å²) in [5.41, 5.74) is 0.467. The van der Waals surface area contributed by atoms with Gasteiger partial charge < -0.3 is 10.6 Å². The summed E-state index contributed by atoms with van der Waals surface area (Å²) in [5, 5.41) is 9.26. The highest BCUT2D eigenvalue weighted by Gasteiger charge is 2.30. The van der Waals surface area contributed by atoms with Crippen LogP contribution in [0.3, 0.4) is 0 Å². The molecule has 1 fully saturated rings. The number of carbonyl (C=O) groups excluding carboxylic acids is 1. The number of likely N-dealkylation sites (tertiary alicyclic amines) is 1. The van der Waals surface area contributed by atoms with Crippen molar-refractivity contribution in [2.45, 2.75) is 18.6 Å². The van der Waals surface area contributed by atoms with Gasteiger partial charge in [0.15, 0.2) is 0 Å². The molecule has 2 heterocycles. The molecule has 1 atom stereocenters. The van der Waals surface area contributed by atoms with Crippen LogP contribution in [0.15, 0.2) is 41.1 Å². The molecule has 2 amide bonds. The predicted molar refractivity (Wildman–Crippen MR) is 91.7 cm³/mol. The van der Waals surface area contributed by atoms with Gasteiger partial charge in [0.05, 0.1) is 11.6 Å². The number of nitrogens with one attached hydrogen (secondary N) is 2. The smallest absolute Gasteiger partial charge is 0.336 e. The van der Waals surface area contributed by atoms with E-state index in [1.807, 2.05) is 11.4 Å². The molecule has 0 radical (unpaired) electrons. The fraction of sp³-hybridized carbons (Fsp3) is 0.353. The molecule has 8 heteroatoms. The maximum Gasteiger partial charge on any atom is 0.416 e. The number of nitrogens with zero attached hydrogens (tertiary/aromatic N) is 1. The van der Waals surface area contributed by atoms with E-state index in [0.717, 1.165) is 37.2 Å². The number of hydrogen-bond acceptors (Lipinski definition) is 3. The van der Waals surface area contributed by atoms with E-state index in [1.165, 1.54) is 12.1 Å². The van der Waals surface area contributed by atoms with E-state index in [9.17, 15) is 18.0 Å². The average Bonchev–Trinajstić information content (AvgIpc) is 3.03. The summed E-state index contributed by atoms with van der Waals surface area (Å²) in [7, 11) is 0. The van der Waals surface area contributed by atoms with Gasteiger partial charge in [-0.05, 0) is 47.0 Å². The molecule has 1 aromatic heterocycles. The second-order valence-electron chi connectivity index (χ2n) is 5.88. The normalized spacial score (nSPS) is 16.1. The van der Waals surface area contributed by atoms with Gasteiger partial charge in [-0.25, -0.2) is 4.79 Å². The summed E-state index contributed by atoms with van der Waals surface area (Å²) < 4.78 is 38.2. The molecule has 1 saturated heterocycles. The van der Waals surface area contributed by atoms with Gasteiger partial charge in [0.1, 0.15) is 0 Å². The number of urea groups is 1. The summed E-state index contributed by atoms with van der Waals surface area (Å²) >= 11 is 1.60. The lowest BCUT2D eigenvalue weighted by molar-refractivity contribution is -0.137. The van der Waals surface area contributed by atoms with Crippen molar-refractivity contribution < 1.29 is 18.0 Å². The minimum absolute atomic E-state index is 0.0901. The van der Waals surface area contributed by atoms with Crippen LogP contribution in [0.2, 0.25) is 0 Å². The van der Waals surface area contributed by atoms with Gasteiger partial charge in [-0.1, -0.05) is 6.07 Å². The summed E-state index contributed by atoms with van der Waals surface area (Å²) in [4.78, 5) is 14.3. The molecule has 1 aliphatic heterocycles. The van der Waals surface area contributed by atoms with Crippen molar-refractivity contribution in [3.63, 3.8) is 0 Å². The summed E-state index contributed by atoms with van der Waals surface area (Å²) in [6, 6.07) is 6.20. The molecule has 3 rings (SSSR count). The van der Waals surface area contributed by atoms with Crippen LogP contribution in [-0.2, 0) is 6.18 Å². The number of alkyl halides is 3. The Morgan fingerprint density at radius 3 is 2.68 bits per heavy atom. The molecule has 0 spiro atoms. The van der Waals surface area contributed by atoms with Gasteiger partial charge in [0, 0.05) is 25.3 Å². The number of carbonyl (C=O) groups is 1. The first-order valence-electron chi connectivity index (χ1n) is 7.92. The van der Waals surface area contributed by atoms with Crippen LogP contribution in [-0.4, -0.2) is 30.6 Å². The van der Waals surface area contributed by atoms with E-state index >= 15 is 0 Å². The Kier molecular flexibility index (Phi) is 5.29. The molecule has 1 aromatic carbocycles. The van der Waals surface area contributed by atoms with E-state index in [1.54, 1.807) is 11.3 Å². The first-order valence-corrected chi connectivity index (χ1v) is 8.86. The fourth-order valence-electron chi connectivity index (χ4n) is 2.71. The Balaban J connectivity index is 1.59. The Labute approximate surface area is 147 Å². The van der Waals surface area contributed by atoms with E-state index in [-0.39, 0.29) is 11.7 Å². The lowest BCUT2D eigenvalue weighted by atomic mass is 10.0. The zero-order valence-electron chi connectivity index (χ0n) is 13.3. The monoisotopic (exact) mass is 369 g/mol. The predicted octanol–water partition coefficient (Wildman–Crippen LogP) is 4.34. The Morgan fingerprint density at radius 1 is 1.28 bits per heavy atom. The highest BCUT2D eigenvalue weighted by Crippen LogP contribution is 2.30. The highest BCUT2D eigenvalue weighted by molar-refractivity contribution is 7.07. The van der Waals surface area contributed by atoms with Crippen molar-refractivity contribution >= 4 is 23.1 Å². The van der Waals surface area contributed by atoms with Gasteiger partial charge in [-0.15, -0.1) is 0 Å². The van der Waals surface area contributed by atoms with Crippen LogP contribution < -0.4 is 10.6 Å². The lowest BCUT2D eigenvalue weighted by Crippen LogP contribution is -2.45. The van der Waals surface area contributed by atoms with Crippen LogP contribution >= 0.6 is 11.3 Å². The number of benzene rings is 1. The van der Waals surface area contributed by atoms with E-state index < -0.39 is 17.8 Å². The summed E-state index contributed by atoms with van der Waals surface area (Å²) in [6.45, 7) is 2.37. The standard InChI is InChI=1S/C17H18F3N3OS/c18-17(19,20)13-3-1-4-14(9-13)22-16(24)21-10-15(23-6-2-7-23)12-5-8-25-11-12/h1,3-5,8-9,11,15H,2,6-7,10H2,(H2,21,22,24)/t15-/m1/s1. The number of amides is 2. The van der Waals surface area contributed by atoms with Gasteiger partial charge in [-0.3, -0.25) is 4.90 Å². The van der Waals surface area contributed by atoms with Crippen LogP contribution in [0.4, 0.5) is 23.7 Å². The number of anilines is 1. The summed E-state index contributed by atoms with van der Waals surface area (Å²) in [6.07, 6.45) is -3.30. The second-order valence-corrected chi connectivity index (χ2v) is 6.66. The molecule has 2 aromatic rings. The van der Waals surface area contributed by atoms with Gasteiger partial charge >= 0.3 is 12.2 Å². The third-order valence-corrected chi connectivity index (χ3v) is 4.86. The van der Waals surface area contributed by atoms with E-state index in [2.05, 4.69) is 20.9 Å². The van der Waals surface area contributed by atoms with E-state index in [0.29, 0.717) is 6.54 Å². The summed E-state index contributed by atoms with van der Waals surface area (Å²) in [5.74, 6) is 0. The van der Waals surface area contributed by atoms with Crippen LogP contribution in [0, 0.1) is 0 Å². The molecular formula is C17H18F3N3OS. The van der Waals surface area contributed by atoms with Crippen molar-refractivity contribution in [3.05, 3.63) is 52.2 Å². The molecule has 0 saturated carbocycles. The first-order chi connectivity index (χ1) is 11.9. The molecule has 1 aliphatic rings. The first kappa shape index (κ1) is 17.8. The second kappa shape index (κ2) is 7.45. The molecule has 25 heavy (non-hydrogen) atoms. The fourth-order valence-corrected chi connectivity index (χ4v) is 3.42. The Hall–Kier alpha value is -2.06. The van der Waals surface area contributed by atoms with Gasteiger partial charge in [0.25, 0.3) is 0 Å². The zero-order valence-corrected chi connectivity index (χ0v) is 14.2. The maximum atomic E-state index is 12.7. The van der Waals surface area contributed by atoms with Crippen molar-refractivity contribution in [1.82, 2.24) is 10.2 Å². The number of hydrogen-bond donors (Lipinski definition) is 2. The SMILES string of the molecule is O=C(NC[C@H](c1ccsc1)N1CCC1)Nc1cccc(C(F)(F)F)c1. The third-order valence-electron chi connectivity index (χ3n) is 4.16. The zero-order chi connectivity index (χ0) is 17.9. The number of rotatable bonds is 5. The van der Waals surface area contributed by atoms with Gasteiger partial charge in [0.2, 0.25) is 0 Å². The van der Waals surface area contributed by atoms with Crippen molar-refractivity contribution in [2.75, 3.05) is 25.0 Å². The molecule has 0 aliphatic carbocycles. The average molecular weight is 369 g/mol. The third kappa shape index (κ3) is 4.52. The number of thiophene rings is 1. The minimum Gasteiger partial charge on any atom is -0.336 e. The minimum atomic E-state index is -4.43. The highest BCUT2D eigenvalue weighted by atomic mass is 32.1. The van der Waals surface area contributed by atoms with Crippen LogP contribution in [0.25, 0.3) is 0 Å². The molecule has 0 unspecified atom stereocenters. The molecule has 0 bridgehead atoms.